The maximum atomic E-state index is 12.1. The first-order valence-electron chi connectivity index (χ1n) is 18.5. The van der Waals surface area contributed by atoms with Crippen LogP contribution in [0.4, 0.5) is 0 Å². The van der Waals surface area contributed by atoms with Crippen LogP contribution >= 0.6 is 0 Å². The van der Waals surface area contributed by atoms with Crippen LogP contribution in [0.15, 0.2) is 126 Å². The molecule has 0 N–H and O–H groups in total. The quantitative estimate of drug-likeness (QED) is 0.0893. The molecular formula is C49H42O5. The van der Waals surface area contributed by atoms with Crippen LogP contribution in [0.2, 0.25) is 0 Å². The molecule has 0 amide bonds. The van der Waals surface area contributed by atoms with Gasteiger partial charge in [-0.15, -0.1) is 0 Å². The summed E-state index contributed by atoms with van der Waals surface area (Å²) in [5.74, 6) is 0.952. The molecule has 6 aromatic carbocycles. The number of fused-ring (bicyclic) bond motifs is 9. The molecule has 0 aliphatic heterocycles. The summed E-state index contributed by atoms with van der Waals surface area (Å²) in [5, 5.41) is 1.96. The van der Waals surface area contributed by atoms with Gasteiger partial charge in [-0.3, -0.25) is 0 Å². The van der Waals surface area contributed by atoms with Crippen LogP contribution in [0.25, 0.3) is 66.4 Å². The minimum absolute atomic E-state index is 0.0963. The van der Waals surface area contributed by atoms with E-state index in [1.165, 1.54) is 44.5 Å². The number of benzene rings is 6. The summed E-state index contributed by atoms with van der Waals surface area (Å²) in [4.78, 5) is 12.1. The summed E-state index contributed by atoms with van der Waals surface area (Å²) in [5.41, 5.74) is 15.9. The highest BCUT2D eigenvalue weighted by molar-refractivity contribution is 6.09. The van der Waals surface area contributed by atoms with E-state index in [-0.39, 0.29) is 24.0 Å². The Kier molecular flexibility index (Phi) is 7.65. The normalized spacial score (nSPS) is 14.3. The van der Waals surface area contributed by atoms with Gasteiger partial charge >= 0.3 is 5.97 Å². The topological polar surface area (TPSA) is 57.9 Å². The second-order valence-corrected chi connectivity index (χ2v) is 15.6. The van der Waals surface area contributed by atoms with Crippen molar-refractivity contribution in [1.29, 1.82) is 0 Å². The van der Waals surface area contributed by atoms with E-state index in [9.17, 15) is 4.79 Å². The number of ether oxygens (including phenoxy) is 3. The van der Waals surface area contributed by atoms with E-state index in [4.69, 9.17) is 18.6 Å². The van der Waals surface area contributed by atoms with Crippen molar-refractivity contribution in [2.24, 2.45) is 0 Å². The Morgan fingerprint density at radius 1 is 0.593 bits per heavy atom. The summed E-state index contributed by atoms with van der Waals surface area (Å²) in [6.45, 7) is 14.8. The predicted octanol–water partition coefficient (Wildman–Crippen LogP) is 12.0. The maximum Gasteiger partial charge on any atom is 0.333 e. The highest BCUT2D eigenvalue weighted by atomic mass is 16.6. The second-order valence-electron chi connectivity index (χ2n) is 15.6. The zero-order valence-corrected chi connectivity index (χ0v) is 31.6. The number of esters is 1. The van der Waals surface area contributed by atoms with E-state index in [1.807, 2.05) is 12.1 Å². The molecule has 0 saturated carbocycles. The van der Waals surface area contributed by atoms with Crippen LogP contribution in [0, 0.1) is 0 Å². The van der Waals surface area contributed by atoms with Crippen LogP contribution in [0.5, 0.6) is 11.5 Å². The van der Waals surface area contributed by atoms with E-state index >= 15 is 0 Å². The van der Waals surface area contributed by atoms with Crippen molar-refractivity contribution in [3.8, 4) is 56.0 Å². The molecule has 1 aromatic heterocycles. The number of hydrogen-bond donors (Lipinski definition) is 0. The monoisotopic (exact) mass is 710 g/mol. The number of carbonyl (C=O) groups excluding carboxylic acids is 1. The number of hydrogen-bond acceptors (Lipinski definition) is 5. The van der Waals surface area contributed by atoms with Crippen LogP contribution in [0.3, 0.4) is 0 Å². The fraction of sp³-hybridized carbons (Fsp3) is 0.204. The largest absolute Gasteiger partial charge is 0.496 e. The minimum atomic E-state index is -0.437. The van der Waals surface area contributed by atoms with Crippen molar-refractivity contribution in [3.05, 3.63) is 144 Å². The van der Waals surface area contributed by atoms with Crippen molar-refractivity contribution in [2.75, 3.05) is 20.3 Å². The Hall–Kier alpha value is -6.07. The first-order chi connectivity index (χ1) is 26.0. The third kappa shape index (κ3) is 5.09. The number of rotatable bonds is 8. The number of furan rings is 1. The summed E-state index contributed by atoms with van der Waals surface area (Å²) < 4.78 is 24.3. The Morgan fingerprint density at radius 3 is 1.59 bits per heavy atom. The summed E-state index contributed by atoms with van der Waals surface area (Å²) in [6, 6.07) is 39.1. The Bertz CT molecular complexity index is 2710. The molecular weight excluding hydrogens is 669 g/mol. The van der Waals surface area contributed by atoms with E-state index in [1.54, 1.807) is 14.0 Å². The molecule has 0 radical (unpaired) electrons. The van der Waals surface area contributed by atoms with Crippen LogP contribution in [0.1, 0.15) is 56.9 Å². The fourth-order valence-electron chi connectivity index (χ4n) is 8.72. The van der Waals surface area contributed by atoms with Crippen molar-refractivity contribution >= 4 is 27.9 Å². The van der Waals surface area contributed by atoms with Gasteiger partial charge in [0.1, 0.15) is 35.9 Å². The van der Waals surface area contributed by atoms with E-state index in [0.717, 1.165) is 44.4 Å². The van der Waals surface area contributed by atoms with Crippen LogP contribution < -0.4 is 9.47 Å². The SMILES string of the molecule is C=C(C)C(=O)OCCOc1cc2oc3cc(OC)c(-c4ccc5c(c4)C(C)(C)c4ccccc4-5)cc3c2cc1-c1ccc2c(c1)C(C)(C)c1ccccc1-2. The molecule has 0 spiro atoms. The molecule has 0 fully saturated rings. The highest BCUT2D eigenvalue weighted by Gasteiger charge is 2.37. The molecule has 0 bridgehead atoms. The lowest BCUT2D eigenvalue weighted by Crippen LogP contribution is -2.15. The van der Waals surface area contributed by atoms with Crippen LogP contribution in [-0.2, 0) is 20.4 Å². The first-order valence-corrected chi connectivity index (χ1v) is 18.5. The average Bonchev–Trinajstić information content (AvgIpc) is 3.73. The number of carbonyl (C=O) groups is 1. The number of methoxy groups -OCH3 is 1. The van der Waals surface area contributed by atoms with Gasteiger partial charge in [-0.1, -0.05) is 107 Å². The molecule has 9 rings (SSSR count). The molecule has 7 aromatic rings. The van der Waals surface area contributed by atoms with Gasteiger partial charge in [0.25, 0.3) is 0 Å². The van der Waals surface area contributed by atoms with Crippen molar-refractivity contribution in [1.82, 2.24) is 0 Å². The Labute approximate surface area is 315 Å². The van der Waals surface area contributed by atoms with Gasteiger partial charge in [-0.2, -0.15) is 0 Å². The van der Waals surface area contributed by atoms with Gasteiger partial charge in [-0.05, 0) is 86.8 Å². The maximum absolute atomic E-state index is 12.1. The van der Waals surface area contributed by atoms with Gasteiger partial charge in [0.2, 0.25) is 0 Å². The van der Waals surface area contributed by atoms with Crippen molar-refractivity contribution in [2.45, 2.75) is 45.4 Å². The molecule has 0 atom stereocenters. The summed E-state index contributed by atoms with van der Waals surface area (Å²) in [7, 11) is 1.71. The Balaban J connectivity index is 1.18. The lowest BCUT2D eigenvalue weighted by molar-refractivity contribution is -0.139. The second kappa shape index (κ2) is 12.2. The van der Waals surface area contributed by atoms with Gasteiger partial charge in [0.15, 0.2) is 0 Å². The fourth-order valence-corrected chi connectivity index (χ4v) is 8.72. The van der Waals surface area contributed by atoms with Crippen molar-refractivity contribution < 1.29 is 23.4 Å². The zero-order valence-electron chi connectivity index (χ0n) is 31.6. The molecule has 5 heteroatoms. The average molecular weight is 711 g/mol. The molecule has 0 unspecified atom stereocenters. The molecule has 1 heterocycles. The molecule has 2 aliphatic rings. The first kappa shape index (κ1) is 33.7. The minimum Gasteiger partial charge on any atom is -0.496 e. The lowest BCUT2D eigenvalue weighted by atomic mass is 9.81. The van der Waals surface area contributed by atoms with Crippen molar-refractivity contribution in [3.63, 3.8) is 0 Å². The lowest BCUT2D eigenvalue weighted by Gasteiger charge is -2.22. The van der Waals surface area contributed by atoms with Gasteiger partial charge < -0.3 is 18.6 Å². The van der Waals surface area contributed by atoms with E-state index in [0.29, 0.717) is 16.9 Å². The third-order valence-electron chi connectivity index (χ3n) is 11.6. The van der Waals surface area contributed by atoms with E-state index < -0.39 is 5.97 Å². The molecule has 2 aliphatic carbocycles. The summed E-state index contributed by atoms with van der Waals surface area (Å²) in [6.07, 6.45) is 0. The summed E-state index contributed by atoms with van der Waals surface area (Å²) >= 11 is 0. The zero-order chi connectivity index (χ0) is 37.5. The van der Waals surface area contributed by atoms with Crippen LogP contribution in [-0.4, -0.2) is 26.3 Å². The van der Waals surface area contributed by atoms with Gasteiger partial charge in [-0.25, -0.2) is 4.79 Å². The molecule has 0 saturated heterocycles. The smallest absolute Gasteiger partial charge is 0.333 e. The third-order valence-corrected chi connectivity index (χ3v) is 11.6. The van der Waals surface area contributed by atoms with Gasteiger partial charge in [0.05, 0.1) is 7.11 Å². The molecule has 5 nitrogen and oxygen atoms in total. The molecule has 268 valence electrons. The Morgan fingerprint density at radius 2 is 1.07 bits per heavy atom. The van der Waals surface area contributed by atoms with E-state index in [2.05, 4.69) is 131 Å². The van der Waals surface area contributed by atoms with Gasteiger partial charge in [0, 0.05) is 50.4 Å². The molecule has 54 heavy (non-hydrogen) atoms. The standard InChI is InChI=1S/C49H42O5/c1-28(2)47(50)53-21-20-52-44-27-46-38(25-36(44)30-17-19-34-32-13-9-11-15-40(32)49(5,6)42(34)23-30)37-24-35(43(51-7)26-45(37)54-46)29-16-18-33-31-12-8-10-14-39(31)48(3,4)41(33)22-29/h8-19,22-27H,1,20-21H2,2-7H3. The highest BCUT2D eigenvalue weighted by Crippen LogP contribution is 2.52. The predicted molar refractivity (Wildman–Crippen MR) is 218 cm³/mol.